The number of rotatable bonds is 8. The average Bonchev–Trinajstić information content (AvgIpc) is 3.10. The number of thiophene rings is 1. The van der Waals surface area contributed by atoms with Crippen LogP contribution in [0.1, 0.15) is 30.2 Å². The van der Waals surface area contributed by atoms with E-state index in [-0.39, 0.29) is 11.9 Å². The van der Waals surface area contributed by atoms with Crippen LogP contribution in [0.3, 0.4) is 0 Å². The molecule has 26 heavy (non-hydrogen) atoms. The van der Waals surface area contributed by atoms with Crippen LogP contribution >= 0.6 is 11.3 Å². The third kappa shape index (κ3) is 5.58. The molecule has 4 nitrogen and oxygen atoms in total. The summed E-state index contributed by atoms with van der Waals surface area (Å²) in [5.41, 5.74) is 1.32. The second kappa shape index (κ2) is 9.74. The fourth-order valence-corrected chi connectivity index (χ4v) is 4.17. The monoisotopic (exact) mass is 373 g/mol. The number of benzene rings is 1. The van der Waals surface area contributed by atoms with Gasteiger partial charge in [-0.25, -0.2) is 0 Å². The number of esters is 1. The Morgan fingerprint density at radius 1 is 1.15 bits per heavy atom. The molecule has 0 aliphatic carbocycles. The molecule has 0 atom stereocenters. The van der Waals surface area contributed by atoms with E-state index in [0.29, 0.717) is 13.2 Å². The summed E-state index contributed by atoms with van der Waals surface area (Å²) in [5, 5.41) is 0.984. The molecule has 5 heteroatoms. The van der Waals surface area contributed by atoms with E-state index in [1.54, 1.807) is 11.3 Å². The van der Waals surface area contributed by atoms with Crippen LogP contribution in [0.15, 0.2) is 42.5 Å². The summed E-state index contributed by atoms with van der Waals surface area (Å²) in [6.07, 6.45) is 2.73. The Morgan fingerprint density at radius 2 is 1.92 bits per heavy atom. The van der Waals surface area contributed by atoms with Gasteiger partial charge in [-0.15, -0.1) is 11.3 Å². The Bertz CT molecular complexity index is 678. The summed E-state index contributed by atoms with van der Waals surface area (Å²) < 4.78 is 11.0. The van der Waals surface area contributed by atoms with Crippen LogP contribution in [0.2, 0.25) is 0 Å². The lowest BCUT2D eigenvalue weighted by Gasteiger charge is -2.30. The Hall–Kier alpha value is -1.85. The first kappa shape index (κ1) is 18.9. The van der Waals surface area contributed by atoms with Gasteiger partial charge >= 0.3 is 5.97 Å². The van der Waals surface area contributed by atoms with E-state index >= 15 is 0 Å². The molecule has 0 N–H and O–H groups in total. The summed E-state index contributed by atoms with van der Waals surface area (Å²) >= 11 is 1.72. The van der Waals surface area contributed by atoms with Crippen molar-refractivity contribution in [3.8, 4) is 5.06 Å². The van der Waals surface area contributed by atoms with Gasteiger partial charge in [0.15, 0.2) is 5.06 Å². The zero-order valence-electron chi connectivity index (χ0n) is 15.4. The maximum Gasteiger partial charge on any atom is 0.309 e. The second-order valence-electron chi connectivity index (χ2n) is 6.60. The summed E-state index contributed by atoms with van der Waals surface area (Å²) in [7, 11) is 0. The van der Waals surface area contributed by atoms with E-state index in [1.165, 1.54) is 10.4 Å². The first-order valence-corrected chi connectivity index (χ1v) is 10.2. The van der Waals surface area contributed by atoms with Gasteiger partial charge < -0.3 is 9.47 Å². The van der Waals surface area contributed by atoms with Crippen LogP contribution in [-0.2, 0) is 16.0 Å². The van der Waals surface area contributed by atoms with E-state index < -0.39 is 0 Å². The highest BCUT2D eigenvalue weighted by atomic mass is 32.1. The minimum atomic E-state index is -0.0343. The van der Waals surface area contributed by atoms with Crippen molar-refractivity contribution in [2.24, 2.45) is 5.92 Å². The molecule has 140 valence electrons. The van der Waals surface area contributed by atoms with Crippen molar-refractivity contribution in [3.05, 3.63) is 52.9 Å². The van der Waals surface area contributed by atoms with Crippen LogP contribution in [0.4, 0.5) is 0 Å². The maximum absolute atomic E-state index is 11.8. The number of carbonyl (C=O) groups is 1. The SMILES string of the molecule is CCOC(=O)C1CCN(CCOc2ccc(Cc3ccccc3)s2)CC1. The fourth-order valence-electron chi connectivity index (χ4n) is 3.26. The van der Waals surface area contributed by atoms with E-state index in [4.69, 9.17) is 9.47 Å². The van der Waals surface area contributed by atoms with Gasteiger partial charge in [-0.05, 0) is 50.6 Å². The molecule has 0 unspecified atom stereocenters. The van der Waals surface area contributed by atoms with Gasteiger partial charge in [0.05, 0.1) is 12.5 Å². The van der Waals surface area contributed by atoms with Gasteiger partial charge in [-0.3, -0.25) is 9.69 Å². The lowest BCUT2D eigenvalue weighted by atomic mass is 9.97. The molecule has 0 bridgehead atoms. The molecule has 1 aromatic carbocycles. The topological polar surface area (TPSA) is 38.8 Å². The number of hydrogen-bond acceptors (Lipinski definition) is 5. The highest BCUT2D eigenvalue weighted by molar-refractivity contribution is 7.13. The molecular formula is C21H27NO3S. The quantitative estimate of drug-likeness (QED) is 0.656. The van der Waals surface area contributed by atoms with Crippen LogP contribution in [0.5, 0.6) is 5.06 Å². The highest BCUT2D eigenvalue weighted by Gasteiger charge is 2.25. The summed E-state index contributed by atoms with van der Waals surface area (Å²) in [5.74, 6) is 0.0397. The summed E-state index contributed by atoms with van der Waals surface area (Å²) in [6.45, 7) is 5.81. The molecule has 2 aromatic rings. The molecule has 0 amide bonds. The lowest BCUT2D eigenvalue weighted by molar-refractivity contribution is -0.149. The number of piperidine rings is 1. The molecule has 3 rings (SSSR count). The van der Waals surface area contributed by atoms with Crippen molar-refractivity contribution in [3.63, 3.8) is 0 Å². The Kier molecular flexibility index (Phi) is 7.09. The standard InChI is InChI=1S/C21H27NO3S/c1-2-24-21(23)18-10-12-22(13-11-18)14-15-25-20-9-8-19(26-20)16-17-6-4-3-5-7-17/h3-9,18H,2,10-16H2,1H3. The highest BCUT2D eigenvalue weighted by Crippen LogP contribution is 2.26. The smallest absolute Gasteiger partial charge is 0.309 e. The minimum absolute atomic E-state index is 0.0343. The first-order valence-electron chi connectivity index (χ1n) is 9.39. The number of carbonyl (C=O) groups excluding carboxylic acids is 1. The average molecular weight is 374 g/mol. The Balaban J connectivity index is 1.36. The van der Waals surface area contributed by atoms with Gasteiger partial charge in [0.1, 0.15) is 6.61 Å². The molecule has 0 radical (unpaired) electrons. The summed E-state index contributed by atoms with van der Waals surface area (Å²) in [6, 6.07) is 14.7. The van der Waals surface area contributed by atoms with E-state index in [2.05, 4.69) is 41.3 Å². The first-order chi connectivity index (χ1) is 12.7. The number of nitrogens with zero attached hydrogens (tertiary/aromatic N) is 1. The van der Waals surface area contributed by atoms with Gasteiger partial charge in [0, 0.05) is 17.8 Å². The minimum Gasteiger partial charge on any atom is -0.483 e. The van der Waals surface area contributed by atoms with Crippen molar-refractivity contribution in [1.82, 2.24) is 4.90 Å². The number of ether oxygens (including phenoxy) is 2. The Morgan fingerprint density at radius 3 is 2.65 bits per heavy atom. The molecule has 0 spiro atoms. The van der Waals surface area contributed by atoms with Crippen molar-refractivity contribution < 1.29 is 14.3 Å². The van der Waals surface area contributed by atoms with Gasteiger partial charge in [-0.1, -0.05) is 30.3 Å². The van der Waals surface area contributed by atoms with Gasteiger partial charge in [0.2, 0.25) is 0 Å². The normalized spacial score (nSPS) is 15.7. The molecule has 1 aliphatic rings. The van der Waals surface area contributed by atoms with Crippen LogP contribution < -0.4 is 4.74 Å². The molecular weight excluding hydrogens is 346 g/mol. The van der Waals surface area contributed by atoms with Crippen LogP contribution in [0.25, 0.3) is 0 Å². The molecule has 1 fully saturated rings. The number of likely N-dealkylation sites (tertiary alicyclic amines) is 1. The van der Waals surface area contributed by atoms with Crippen LogP contribution in [0, 0.1) is 5.92 Å². The molecule has 1 aromatic heterocycles. The van der Waals surface area contributed by atoms with Crippen molar-refractivity contribution in [2.45, 2.75) is 26.2 Å². The summed E-state index contributed by atoms with van der Waals surface area (Å²) in [4.78, 5) is 15.5. The molecule has 1 aliphatic heterocycles. The maximum atomic E-state index is 11.8. The van der Waals surface area contributed by atoms with E-state index in [0.717, 1.165) is 44.0 Å². The Labute approximate surface area is 159 Å². The van der Waals surface area contributed by atoms with E-state index in [1.807, 2.05) is 13.0 Å². The third-order valence-corrected chi connectivity index (χ3v) is 5.72. The van der Waals surface area contributed by atoms with Crippen molar-refractivity contribution in [1.29, 1.82) is 0 Å². The van der Waals surface area contributed by atoms with E-state index in [9.17, 15) is 4.79 Å². The molecule has 2 heterocycles. The van der Waals surface area contributed by atoms with Gasteiger partial charge in [-0.2, -0.15) is 0 Å². The van der Waals surface area contributed by atoms with Crippen molar-refractivity contribution >= 4 is 17.3 Å². The fraction of sp³-hybridized carbons (Fsp3) is 0.476. The zero-order chi connectivity index (χ0) is 18.2. The predicted molar refractivity (Wildman–Crippen MR) is 105 cm³/mol. The predicted octanol–water partition coefficient (Wildman–Crippen LogP) is 3.99. The molecule has 1 saturated heterocycles. The third-order valence-electron chi connectivity index (χ3n) is 4.72. The van der Waals surface area contributed by atoms with Crippen molar-refractivity contribution in [2.75, 3.05) is 32.8 Å². The van der Waals surface area contributed by atoms with Crippen LogP contribution in [-0.4, -0.2) is 43.7 Å². The lowest BCUT2D eigenvalue weighted by Crippen LogP contribution is -2.38. The number of hydrogen-bond donors (Lipinski definition) is 0. The zero-order valence-corrected chi connectivity index (χ0v) is 16.2. The van der Waals surface area contributed by atoms with Gasteiger partial charge in [0.25, 0.3) is 0 Å². The second-order valence-corrected chi connectivity index (χ2v) is 7.73. The molecule has 0 saturated carbocycles. The largest absolute Gasteiger partial charge is 0.483 e.